The Morgan fingerprint density at radius 2 is 1.43 bits per heavy atom. The first-order chi connectivity index (χ1) is 14.4. The van der Waals surface area contributed by atoms with Gasteiger partial charge in [0.25, 0.3) is 0 Å². The average molecular weight is 416 g/mol. The Hall–Kier alpha value is -2.77. The summed E-state index contributed by atoms with van der Waals surface area (Å²) in [6.45, 7) is 3.45. The van der Waals surface area contributed by atoms with Crippen LogP contribution in [0, 0.1) is 0 Å². The minimum absolute atomic E-state index is 0.0569. The van der Waals surface area contributed by atoms with Gasteiger partial charge in [-0.25, -0.2) is 0 Å². The van der Waals surface area contributed by atoms with Crippen molar-refractivity contribution in [2.24, 2.45) is 0 Å². The van der Waals surface area contributed by atoms with Crippen LogP contribution in [0.4, 0.5) is 13.2 Å². The van der Waals surface area contributed by atoms with Crippen LogP contribution in [0.25, 0.3) is 10.8 Å². The second kappa shape index (κ2) is 8.53. The predicted molar refractivity (Wildman–Crippen MR) is 110 cm³/mol. The monoisotopic (exact) mass is 416 g/mol. The number of alkyl halides is 3. The fourth-order valence-corrected chi connectivity index (χ4v) is 3.95. The molecule has 1 N–H and O–H groups in total. The lowest BCUT2D eigenvalue weighted by Gasteiger charge is -2.35. The van der Waals surface area contributed by atoms with Gasteiger partial charge in [0.1, 0.15) is 11.5 Å². The first kappa shape index (κ1) is 20.5. The second-order valence-electron chi connectivity index (χ2n) is 7.28. The Morgan fingerprint density at radius 1 is 0.833 bits per heavy atom. The van der Waals surface area contributed by atoms with E-state index in [0.29, 0.717) is 0 Å². The highest BCUT2D eigenvalue weighted by molar-refractivity contribution is 5.84. The number of rotatable bonds is 5. The van der Waals surface area contributed by atoms with Crippen LogP contribution in [0.5, 0.6) is 11.5 Å². The van der Waals surface area contributed by atoms with Crippen molar-refractivity contribution in [3.8, 4) is 11.5 Å². The standard InChI is InChI=1S/C23H23F3N2O2/c1-29-21-9-6-17-14-19(3-2-18(17)15-21)22(28-12-10-27-11-13-28)16-4-7-20(8-5-16)30-23(24,25)26/h2-9,14-15,22,27H,10-13H2,1H3/t22-/m0/s1. The van der Waals surface area contributed by atoms with Crippen molar-refractivity contribution in [2.75, 3.05) is 33.3 Å². The van der Waals surface area contributed by atoms with Crippen LogP contribution in [0.15, 0.2) is 60.7 Å². The molecule has 1 saturated heterocycles. The zero-order chi connectivity index (χ0) is 21.1. The van der Waals surface area contributed by atoms with Crippen LogP contribution in [0.2, 0.25) is 0 Å². The van der Waals surface area contributed by atoms with Crippen molar-refractivity contribution < 1.29 is 22.6 Å². The lowest BCUT2D eigenvalue weighted by Crippen LogP contribution is -2.45. The van der Waals surface area contributed by atoms with E-state index in [1.165, 1.54) is 12.1 Å². The zero-order valence-corrected chi connectivity index (χ0v) is 16.6. The third-order valence-electron chi connectivity index (χ3n) is 5.33. The van der Waals surface area contributed by atoms with E-state index in [2.05, 4.69) is 33.2 Å². The molecule has 1 heterocycles. The fraction of sp³-hybridized carbons (Fsp3) is 0.304. The number of hydrogen-bond donors (Lipinski definition) is 1. The molecule has 1 atom stereocenters. The van der Waals surface area contributed by atoms with Gasteiger partial charge in [0.05, 0.1) is 13.2 Å². The van der Waals surface area contributed by atoms with Crippen molar-refractivity contribution in [2.45, 2.75) is 12.4 Å². The normalized spacial score (nSPS) is 16.4. The number of nitrogens with one attached hydrogen (secondary N) is 1. The molecule has 4 rings (SSSR count). The van der Waals surface area contributed by atoms with Gasteiger partial charge in [-0.1, -0.05) is 30.3 Å². The van der Waals surface area contributed by atoms with E-state index < -0.39 is 6.36 Å². The molecule has 1 aliphatic heterocycles. The van der Waals surface area contributed by atoms with Crippen LogP contribution in [0.1, 0.15) is 17.2 Å². The lowest BCUT2D eigenvalue weighted by atomic mass is 9.94. The summed E-state index contributed by atoms with van der Waals surface area (Å²) in [5.74, 6) is 0.588. The van der Waals surface area contributed by atoms with Gasteiger partial charge >= 0.3 is 6.36 Å². The SMILES string of the molecule is COc1ccc2cc([C@H](c3ccc(OC(F)(F)F)cc3)N3CCNCC3)ccc2c1. The van der Waals surface area contributed by atoms with Crippen LogP contribution in [-0.4, -0.2) is 44.6 Å². The Labute approximate surface area is 173 Å². The Kier molecular flexibility index (Phi) is 5.83. The van der Waals surface area contributed by atoms with Crippen LogP contribution in [-0.2, 0) is 0 Å². The van der Waals surface area contributed by atoms with Gasteiger partial charge in [-0.2, -0.15) is 0 Å². The molecule has 158 valence electrons. The smallest absolute Gasteiger partial charge is 0.497 e. The number of methoxy groups -OCH3 is 1. The summed E-state index contributed by atoms with van der Waals surface area (Å²) >= 11 is 0. The number of fused-ring (bicyclic) bond motifs is 1. The van der Waals surface area contributed by atoms with Gasteiger partial charge in [-0.3, -0.25) is 4.90 Å². The molecule has 0 bridgehead atoms. The van der Waals surface area contributed by atoms with Crippen molar-refractivity contribution in [3.63, 3.8) is 0 Å². The molecule has 1 fully saturated rings. The zero-order valence-electron chi connectivity index (χ0n) is 16.6. The van der Waals surface area contributed by atoms with Crippen molar-refractivity contribution in [1.29, 1.82) is 0 Å². The molecule has 4 nitrogen and oxygen atoms in total. The molecule has 7 heteroatoms. The van der Waals surface area contributed by atoms with Gasteiger partial charge in [-0.15, -0.1) is 13.2 Å². The Balaban J connectivity index is 1.70. The highest BCUT2D eigenvalue weighted by Crippen LogP contribution is 2.33. The minimum atomic E-state index is -4.70. The number of nitrogens with zero attached hydrogens (tertiary/aromatic N) is 1. The summed E-state index contributed by atoms with van der Waals surface area (Å²) in [7, 11) is 1.64. The number of ether oxygens (including phenoxy) is 2. The number of piperazine rings is 1. The van der Waals surface area contributed by atoms with Crippen molar-refractivity contribution >= 4 is 10.8 Å². The van der Waals surface area contributed by atoms with Crippen LogP contribution in [0.3, 0.4) is 0 Å². The first-order valence-corrected chi connectivity index (χ1v) is 9.81. The van der Waals surface area contributed by atoms with Crippen molar-refractivity contribution in [3.05, 3.63) is 71.8 Å². The highest BCUT2D eigenvalue weighted by Gasteiger charge is 2.31. The average Bonchev–Trinajstić information content (AvgIpc) is 2.74. The molecule has 0 radical (unpaired) electrons. The number of halogens is 3. The minimum Gasteiger partial charge on any atom is -0.497 e. The van der Waals surface area contributed by atoms with E-state index in [0.717, 1.165) is 53.8 Å². The number of hydrogen-bond acceptors (Lipinski definition) is 4. The molecule has 0 amide bonds. The van der Waals surface area contributed by atoms with E-state index in [4.69, 9.17) is 4.74 Å². The molecule has 3 aromatic carbocycles. The third-order valence-corrected chi connectivity index (χ3v) is 5.33. The molecule has 30 heavy (non-hydrogen) atoms. The molecule has 0 aromatic heterocycles. The lowest BCUT2D eigenvalue weighted by molar-refractivity contribution is -0.274. The fourth-order valence-electron chi connectivity index (χ4n) is 3.95. The van der Waals surface area contributed by atoms with Gasteiger partial charge in [-0.05, 0) is 52.2 Å². The van der Waals surface area contributed by atoms with Crippen LogP contribution >= 0.6 is 0 Å². The summed E-state index contributed by atoms with van der Waals surface area (Å²) < 4.78 is 46.9. The van der Waals surface area contributed by atoms with E-state index in [-0.39, 0.29) is 11.8 Å². The van der Waals surface area contributed by atoms with Crippen molar-refractivity contribution in [1.82, 2.24) is 10.2 Å². The van der Waals surface area contributed by atoms with E-state index in [1.54, 1.807) is 19.2 Å². The molecule has 0 spiro atoms. The van der Waals surface area contributed by atoms with E-state index in [9.17, 15) is 13.2 Å². The quantitative estimate of drug-likeness (QED) is 0.651. The van der Waals surface area contributed by atoms with Gasteiger partial charge in [0, 0.05) is 26.2 Å². The topological polar surface area (TPSA) is 33.7 Å². The summed E-state index contributed by atoms with van der Waals surface area (Å²) in [4.78, 5) is 2.35. The van der Waals surface area contributed by atoms with Gasteiger partial charge < -0.3 is 14.8 Å². The summed E-state index contributed by atoms with van der Waals surface area (Å²) in [6.07, 6.45) is -4.70. The van der Waals surface area contributed by atoms with Gasteiger partial charge in [0.15, 0.2) is 0 Å². The maximum atomic E-state index is 12.5. The summed E-state index contributed by atoms with van der Waals surface area (Å²) in [5.41, 5.74) is 2.03. The Morgan fingerprint density at radius 3 is 2.10 bits per heavy atom. The molecular formula is C23H23F3N2O2. The maximum Gasteiger partial charge on any atom is 0.573 e. The molecule has 0 aliphatic carbocycles. The largest absolute Gasteiger partial charge is 0.573 e. The highest BCUT2D eigenvalue weighted by atomic mass is 19.4. The molecule has 0 unspecified atom stereocenters. The summed E-state index contributed by atoms with van der Waals surface area (Å²) in [6, 6.07) is 18.3. The van der Waals surface area contributed by atoms with Gasteiger partial charge in [0.2, 0.25) is 0 Å². The van der Waals surface area contributed by atoms with E-state index in [1.807, 2.05) is 18.2 Å². The maximum absolute atomic E-state index is 12.5. The Bertz CT molecular complexity index is 999. The molecular weight excluding hydrogens is 393 g/mol. The first-order valence-electron chi connectivity index (χ1n) is 9.81. The predicted octanol–water partition coefficient (Wildman–Crippen LogP) is 4.74. The third kappa shape index (κ3) is 4.68. The number of benzene rings is 3. The molecule has 1 aliphatic rings. The molecule has 0 saturated carbocycles. The molecule has 3 aromatic rings. The second-order valence-corrected chi connectivity index (χ2v) is 7.28. The summed E-state index contributed by atoms with van der Waals surface area (Å²) in [5, 5.41) is 5.51. The van der Waals surface area contributed by atoms with Crippen LogP contribution < -0.4 is 14.8 Å². The van der Waals surface area contributed by atoms with E-state index >= 15 is 0 Å².